The molecule has 2 N–H and O–H groups in total. The lowest BCUT2D eigenvalue weighted by Gasteiger charge is -2.35. The van der Waals surface area contributed by atoms with Gasteiger partial charge in [-0.2, -0.15) is 0 Å². The van der Waals surface area contributed by atoms with Gasteiger partial charge >= 0.3 is 12.3 Å². The third-order valence-corrected chi connectivity index (χ3v) is 6.51. The molecule has 2 aromatic rings. The van der Waals surface area contributed by atoms with Crippen molar-refractivity contribution in [1.29, 1.82) is 0 Å². The molecule has 3 aliphatic rings. The molecular formula is C24H23F2NO6. The molecule has 2 aliphatic heterocycles. The fraction of sp³-hybridized carbons (Fsp3) is 0.417. The molecule has 0 radical (unpaired) electrons. The van der Waals surface area contributed by atoms with Crippen molar-refractivity contribution in [3.05, 3.63) is 59.2 Å². The average molecular weight is 459 g/mol. The van der Waals surface area contributed by atoms with Gasteiger partial charge in [-0.15, -0.1) is 8.78 Å². The van der Waals surface area contributed by atoms with Gasteiger partial charge in [0.25, 0.3) is 0 Å². The summed E-state index contributed by atoms with van der Waals surface area (Å²) in [4.78, 5) is 24.3. The molecule has 1 saturated carbocycles. The minimum atomic E-state index is -3.70. The van der Waals surface area contributed by atoms with Crippen molar-refractivity contribution in [2.24, 2.45) is 0 Å². The molecule has 3 atom stereocenters. The van der Waals surface area contributed by atoms with Gasteiger partial charge in [-0.3, -0.25) is 4.79 Å². The van der Waals surface area contributed by atoms with Crippen LogP contribution in [0.4, 0.5) is 8.78 Å². The Labute approximate surface area is 188 Å². The van der Waals surface area contributed by atoms with Crippen molar-refractivity contribution < 1.29 is 37.7 Å². The molecule has 0 bridgehead atoms. The van der Waals surface area contributed by atoms with E-state index in [0.29, 0.717) is 31.2 Å². The first kappa shape index (κ1) is 21.6. The summed E-state index contributed by atoms with van der Waals surface area (Å²) in [6.07, 6.45) is -1.65. The highest BCUT2D eigenvalue weighted by Gasteiger charge is 2.53. The summed E-state index contributed by atoms with van der Waals surface area (Å²) in [5, 5.41) is 12.2. The van der Waals surface area contributed by atoms with Crippen LogP contribution in [0.25, 0.3) is 0 Å². The fourth-order valence-corrected chi connectivity index (χ4v) is 4.66. The van der Waals surface area contributed by atoms with Crippen molar-refractivity contribution >= 4 is 11.9 Å². The van der Waals surface area contributed by atoms with E-state index in [4.69, 9.17) is 9.84 Å². The number of carbonyl (C=O) groups is 2. The van der Waals surface area contributed by atoms with Crippen molar-refractivity contribution in [3.63, 3.8) is 0 Å². The molecule has 33 heavy (non-hydrogen) atoms. The molecule has 2 unspecified atom stereocenters. The van der Waals surface area contributed by atoms with E-state index < -0.39 is 17.7 Å². The zero-order valence-electron chi connectivity index (χ0n) is 17.8. The molecule has 174 valence electrons. The minimum Gasteiger partial charge on any atom is -0.478 e. The summed E-state index contributed by atoms with van der Waals surface area (Å²) >= 11 is 0. The number of ether oxygens (including phenoxy) is 3. The Kier molecular flexibility index (Phi) is 5.04. The number of hydrogen-bond acceptors (Lipinski definition) is 5. The lowest BCUT2D eigenvalue weighted by atomic mass is 9.91. The van der Waals surface area contributed by atoms with Crippen LogP contribution in [0.1, 0.15) is 60.2 Å². The SMILES string of the molecule is CC1CC(NC(=O)C2(c3ccc4c(c3)OC(F)(F)O4)CC2)C[C@H](c2ccc(C(=O)O)cc2)O1. The van der Waals surface area contributed by atoms with Gasteiger partial charge in [-0.1, -0.05) is 18.2 Å². The number of hydrogen-bond donors (Lipinski definition) is 2. The second-order valence-electron chi connectivity index (χ2n) is 8.92. The summed E-state index contributed by atoms with van der Waals surface area (Å²) in [5.41, 5.74) is 0.908. The fourth-order valence-electron chi connectivity index (χ4n) is 4.66. The van der Waals surface area contributed by atoms with Gasteiger partial charge in [-0.25, -0.2) is 4.79 Å². The number of carboxylic acids is 1. The molecule has 2 aromatic carbocycles. The predicted molar refractivity (Wildman–Crippen MR) is 111 cm³/mol. The van der Waals surface area contributed by atoms with Crippen LogP contribution in [0, 0.1) is 0 Å². The monoisotopic (exact) mass is 459 g/mol. The Morgan fingerprint density at radius 1 is 1.03 bits per heavy atom. The predicted octanol–water partition coefficient (Wildman–Crippen LogP) is 4.16. The minimum absolute atomic E-state index is 0.0463. The van der Waals surface area contributed by atoms with Crippen LogP contribution in [-0.2, 0) is 14.9 Å². The lowest BCUT2D eigenvalue weighted by Crippen LogP contribution is -2.46. The summed E-state index contributed by atoms with van der Waals surface area (Å²) in [6.45, 7) is 1.93. The first-order valence-corrected chi connectivity index (χ1v) is 10.9. The van der Waals surface area contributed by atoms with Gasteiger partial charge < -0.3 is 24.6 Å². The van der Waals surface area contributed by atoms with Crippen LogP contribution >= 0.6 is 0 Å². The van der Waals surface area contributed by atoms with Crippen LogP contribution < -0.4 is 14.8 Å². The maximum Gasteiger partial charge on any atom is 0.586 e. The average Bonchev–Trinajstić information content (AvgIpc) is 3.50. The Hall–Kier alpha value is -3.20. The number of amides is 1. The Morgan fingerprint density at radius 3 is 2.39 bits per heavy atom. The van der Waals surface area contributed by atoms with Gasteiger partial charge in [0.05, 0.1) is 23.2 Å². The molecular weight excluding hydrogens is 436 g/mol. The summed E-state index contributed by atoms with van der Waals surface area (Å²) in [6, 6.07) is 10.9. The van der Waals surface area contributed by atoms with E-state index in [2.05, 4.69) is 14.8 Å². The van der Waals surface area contributed by atoms with Gasteiger partial charge in [0, 0.05) is 6.04 Å². The summed E-state index contributed by atoms with van der Waals surface area (Å²) in [7, 11) is 0. The zero-order chi connectivity index (χ0) is 23.4. The second-order valence-corrected chi connectivity index (χ2v) is 8.92. The number of carboxylic acid groups (broad SMARTS) is 1. The van der Waals surface area contributed by atoms with Gasteiger partial charge in [0.1, 0.15) is 0 Å². The number of nitrogens with one attached hydrogen (secondary N) is 1. The number of aromatic carboxylic acids is 1. The Morgan fingerprint density at radius 2 is 1.73 bits per heavy atom. The molecule has 1 aliphatic carbocycles. The number of halogens is 2. The molecule has 7 nitrogen and oxygen atoms in total. The maximum atomic E-state index is 13.4. The van der Waals surface area contributed by atoms with Gasteiger partial charge in [-0.05, 0) is 68.0 Å². The first-order valence-electron chi connectivity index (χ1n) is 10.9. The largest absolute Gasteiger partial charge is 0.586 e. The number of benzene rings is 2. The van der Waals surface area contributed by atoms with E-state index in [1.807, 2.05) is 6.92 Å². The topological polar surface area (TPSA) is 94.1 Å². The highest BCUT2D eigenvalue weighted by molar-refractivity contribution is 5.91. The lowest BCUT2D eigenvalue weighted by molar-refractivity contribution is -0.286. The number of carbonyl (C=O) groups excluding carboxylic acids is 1. The van der Waals surface area contributed by atoms with Crippen LogP contribution in [0.15, 0.2) is 42.5 Å². The first-order chi connectivity index (χ1) is 15.6. The molecule has 1 amide bonds. The summed E-state index contributed by atoms with van der Waals surface area (Å²) in [5.74, 6) is -1.25. The molecule has 2 fully saturated rings. The normalized spacial score (nSPS) is 26.5. The van der Waals surface area contributed by atoms with Crippen molar-refractivity contribution in [2.75, 3.05) is 0 Å². The van der Waals surface area contributed by atoms with Crippen molar-refractivity contribution in [3.8, 4) is 11.5 Å². The van der Waals surface area contributed by atoms with Crippen molar-refractivity contribution in [2.45, 2.75) is 62.6 Å². The molecule has 2 heterocycles. The highest BCUT2D eigenvalue weighted by atomic mass is 19.3. The Balaban J connectivity index is 1.29. The maximum absolute atomic E-state index is 13.4. The van der Waals surface area contributed by atoms with E-state index >= 15 is 0 Å². The smallest absolute Gasteiger partial charge is 0.478 e. The third-order valence-electron chi connectivity index (χ3n) is 6.51. The third kappa shape index (κ3) is 4.13. The van der Waals surface area contributed by atoms with E-state index in [9.17, 15) is 18.4 Å². The molecule has 9 heteroatoms. The number of alkyl halides is 2. The van der Waals surface area contributed by atoms with Gasteiger partial charge in [0.15, 0.2) is 11.5 Å². The van der Waals surface area contributed by atoms with Crippen LogP contribution in [0.3, 0.4) is 0 Å². The summed E-state index contributed by atoms with van der Waals surface area (Å²) < 4.78 is 41.8. The van der Waals surface area contributed by atoms with E-state index in [1.54, 1.807) is 18.2 Å². The standard InChI is InChI=1S/C24H23F2NO6/c1-13-10-17(12-19(31-13)14-2-4-15(5-3-14)21(28)29)27-22(30)23(8-9-23)16-6-7-18-20(11-16)33-24(25,26)32-18/h2-7,11,13,17,19H,8-10,12H2,1H3,(H,27,30)(H,28,29)/t13?,17?,19-/m1/s1. The van der Waals surface area contributed by atoms with E-state index in [-0.39, 0.29) is 41.2 Å². The van der Waals surface area contributed by atoms with Crippen molar-refractivity contribution in [1.82, 2.24) is 5.32 Å². The second kappa shape index (κ2) is 7.69. The molecule has 1 saturated heterocycles. The molecule has 5 rings (SSSR count). The zero-order valence-corrected chi connectivity index (χ0v) is 17.8. The van der Waals surface area contributed by atoms with Crippen LogP contribution in [-0.4, -0.2) is 35.4 Å². The number of fused-ring (bicyclic) bond motifs is 1. The Bertz CT molecular complexity index is 1100. The van der Waals surface area contributed by atoms with Crippen LogP contribution in [0.2, 0.25) is 0 Å². The van der Waals surface area contributed by atoms with E-state index in [0.717, 1.165) is 5.56 Å². The van der Waals surface area contributed by atoms with Crippen LogP contribution in [0.5, 0.6) is 11.5 Å². The van der Waals surface area contributed by atoms with Gasteiger partial charge in [0.2, 0.25) is 5.91 Å². The molecule has 0 aromatic heterocycles. The quantitative estimate of drug-likeness (QED) is 0.697. The van der Waals surface area contributed by atoms with E-state index in [1.165, 1.54) is 24.3 Å². The molecule has 0 spiro atoms. The number of rotatable bonds is 5. The highest BCUT2D eigenvalue weighted by Crippen LogP contribution is 2.52.